The van der Waals surface area contributed by atoms with Crippen molar-refractivity contribution in [2.24, 2.45) is 0 Å². The summed E-state index contributed by atoms with van der Waals surface area (Å²) in [5.41, 5.74) is 4.41. The van der Waals surface area contributed by atoms with E-state index >= 15 is 0 Å². The molecule has 2 aliphatic heterocycles. The first-order chi connectivity index (χ1) is 15.9. The summed E-state index contributed by atoms with van der Waals surface area (Å²) in [7, 11) is 3.87. The minimum absolute atomic E-state index is 0.157. The van der Waals surface area contributed by atoms with Gasteiger partial charge in [0.05, 0.1) is 11.3 Å². The van der Waals surface area contributed by atoms with Gasteiger partial charge in [0.25, 0.3) is 11.8 Å². The molecule has 0 atom stereocenters. The van der Waals surface area contributed by atoms with E-state index in [1.807, 2.05) is 62.3 Å². The topological polar surface area (TPSA) is 71.1 Å². The van der Waals surface area contributed by atoms with E-state index in [-0.39, 0.29) is 18.4 Å². The monoisotopic (exact) mass is 441 g/mol. The molecule has 2 aliphatic rings. The van der Waals surface area contributed by atoms with Gasteiger partial charge in [-0.2, -0.15) is 0 Å². The fourth-order valence-electron chi connectivity index (χ4n) is 3.89. The number of amides is 2. The van der Waals surface area contributed by atoms with Crippen molar-refractivity contribution < 1.29 is 19.1 Å². The van der Waals surface area contributed by atoms with Crippen molar-refractivity contribution in [1.82, 2.24) is 0 Å². The van der Waals surface area contributed by atoms with Crippen molar-refractivity contribution in [1.29, 1.82) is 0 Å². The molecular formula is C26H23N3O4. The molecule has 0 spiro atoms. The van der Waals surface area contributed by atoms with Crippen molar-refractivity contribution in [2.75, 3.05) is 36.0 Å². The molecule has 7 heteroatoms. The molecule has 0 aliphatic carbocycles. The van der Waals surface area contributed by atoms with E-state index in [9.17, 15) is 9.59 Å². The van der Waals surface area contributed by atoms with Crippen LogP contribution in [0, 0.1) is 6.92 Å². The Kier molecular flexibility index (Phi) is 5.01. The van der Waals surface area contributed by atoms with Crippen LogP contribution in [0.4, 0.5) is 17.1 Å². The molecule has 0 radical (unpaired) electrons. The lowest BCUT2D eigenvalue weighted by atomic mass is 10.0. The van der Waals surface area contributed by atoms with Crippen molar-refractivity contribution in [3.05, 3.63) is 83.6 Å². The molecule has 0 fully saturated rings. The molecule has 2 amide bonds. The number of ether oxygens (including phenoxy) is 2. The van der Waals surface area contributed by atoms with Crippen LogP contribution in [-0.2, 0) is 9.59 Å². The van der Waals surface area contributed by atoms with Gasteiger partial charge in [-0.05, 0) is 48.9 Å². The number of carbonyl (C=O) groups excluding carboxylic acids is 2. The van der Waals surface area contributed by atoms with Crippen molar-refractivity contribution >= 4 is 34.4 Å². The van der Waals surface area contributed by atoms with Crippen LogP contribution in [0.2, 0.25) is 0 Å². The lowest BCUT2D eigenvalue weighted by Crippen LogP contribution is -2.32. The average Bonchev–Trinajstić information content (AvgIpc) is 3.37. The number of imide groups is 1. The van der Waals surface area contributed by atoms with Gasteiger partial charge in [-0.15, -0.1) is 0 Å². The highest BCUT2D eigenvalue weighted by Gasteiger charge is 2.40. The minimum atomic E-state index is -0.411. The fraction of sp³-hybridized carbons (Fsp3) is 0.154. The molecule has 1 N–H and O–H groups in total. The lowest BCUT2D eigenvalue weighted by molar-refractivity contribution is -0.120. The Balaban J connectivity index is 1.56. The van der Waals surface area contributed by atoms with Gasteiger partial charge in [0.2, 0.25) is 6.79 Å². The van der Waals surface area contributed by atoms with E-state index in [0.717, 1.165) is 11.3 Å². The van der Waals surface area contributed by atoms with E-state index < -0.39 is 5.91 Å². The van der Waals surface area contributed by atoms with Crippen molar-refractivity contribution in [3.63, 3.8) is 0 Å². The third-order valence-corrected chi connectivity index (χ3v) is 5.69. The fourth-order valence-corrected chi connectivity index (χ4v) is 3.89. The predicted octanol–water partition coefficient (Wildman–Crippen LogP) is 4.19. The first-order valence-electron chi connectivity index (χ1n) is 10.6. The highest BCUT2D eigenvalue weighted by atomic mass is 16.7. The quantitative estimate of drug-likeness (QED) is 0.599. The minimum Gasteiger partial charge on any atom is -0.454 e. The van der Waals surface area contributed by atoms with Gasteiger partial charge in [-0.1, -0.05) is 29.8 Å². The molecule has 0 saturated carbocycles. The van der Waals surface area contributed by atoms with Crippen LogP contribution in [-0.4, -0.2) is 32.7 Å². The summed E-state index contributed by atoms with van der Waals surface area (Å²) in [6, 6.07) is 20.2. The van der Waals surface area contributed by atoms with E-state index in [4.69, 9.17) is 9.47 Å². The van der Waals surface area contributed by atoms with Crippen LogP contribution in [0.3, 0.4) is 0 Å². The zero-order valence-electron chi connectivity index (χ0n) is 18.6. The van der Waals surface area contributed by atoms with E-state index in [2.05, 4.69) is 5.32 Å². The van der Waals surface area contributed by atoms with Gasteiger partial charge < -0.3 is 19.7 Å². The maximum Gasteiger partial charge on any atom is 0.282 e. The summed E-state index contributed by atoms with van der Waals surface area (Å²) in [5, 5.41) is 3.17. The maximum atomic E-state index is 13.6. The molecule has 2 heterocycles. The number of fused-ring (bicyclic) bond motifs is 1. The van der Waals surface area contributed by atoms with Crippen molar-refractivity contribution in [2.45, 2.75) is 6.92 Å². The molecule has 166 valence electrons. The highest BCUT2D eigenvalue weighted by molar-refractivity contribution is 6.46. The number of aryl methyl sites for hydroxylation is 1. The standard InChI is InChI=1S/C26H23N3O4/c1-16-4-6-17(7-5-16)23-24(27-18-8-13-21-22(14-18)33-15-32-21)26(31)29(25(23)30)20-11-9-19(10-12-20)28(2)3/h4-14,27H,15H2,1-3H3. The van der Waals surface area contributed by atoms with Crippen LogP contribution in [0.25, 0.3) is 5.57 Å². The Morgan fingerprint density at radius 1 is 0.848 bits per heavy atom. The van der Waals surface area contributed by atoms with Crippen molar-refractivity contribution in [3.8, 4) is 11.5 Å². The van der Waals surface area contributed by atoms with Gasteiger partial charge in [0.1, 0.15) is 5.70 Å². The normalized spacial score (nSPS) is 14.8. The second-order valence-corrected chi connectivity index (χ2v) is 8.17. The van der Waals surface area contributed by atoms with Gasteiger partial charge >= 0.3 is 0 Å². The average molecular weight is 441 g/mol. The van der Waals surface area contributed by atoms with Gasteiger partial charge in [0.15, 0.2) is 11.5 Å². The van der Waals surface area contributed by atoms with Crippen LogP contribution in [0.1, 0.15) is 11.1 Å². The van der Waals surface area contributed by atoms with Crippen LogP contribution < -0.4 is 24.6 Å². The van der Waals surface area contributed by atoms with E-state index in [0.29, 0.717) is 34.0 Å². The predicted molar refractivity (Wildman–Crippen MR) is 128 cm³/mol. The molecule has 3 aromatic carbocycles. The SMILES string of the molecule is Cc1ccc(C2=C(Nc3ccc4c(c3)OCO4)C(=O)N(c3ccc(N(C)C)cc3)C2=O)cc1. The molecule has 3 aromatic rings. The zero-order chi connectivity index (χ0) is 23.1. The van der Waals surface area contributed by atoms with E-state index in [1.165, 1.54) is 4.90 Å². The zero-order valence-corrected chi connectivity index (χ0v) is 18.6. The second kappa shape index (κ2) is 8.02. The second-order valence-electron chi connectivity index (χ2n) is 8.17. The highest BCUT2D eigenvalue weighted by Crippen LogP contribution is 2.37. The van der Waals surface area contributed by atoms with Gasteiger partial charge in [0, 0.05) is 31.5 Å². The lowest BCUT2D eigenvalue weighted by Gasteiger charge is -2.18. The first-order valence-corrected chi connectivity index (χ1v) is 10.6. The Bertz CT molecular complexity index is 1280. The number of nitrogens with zero attached hydrogens (tertiary/aromatic N) is 2. The number of carbonyl (C=O) groups is 2. The molecular weight excluding hydrogens is 418 g/mol. The first kappa shape index (κ1) is 20.6. The molecule has 33 heavy (non-hydrogen) atoms. The molecule has 0 unspecified atom stereocenters. The number of hydrogen-bond acceptors (Lipinski definition) is 6. The Morgan fingerprint density at radius 2 is 1.55 bits per heavy atom. The van der Waals surface area contributed by atoms with Crippen LogP contribution in [0.15, 0.2) is 72.4 Å². The van der Waals surface area contributed by atoms with Gasteiger partial charge in [-0.25, -0.2) is 4.90 Å². The number of benzene rings is 3. The number of hydrogen-bond donors (Lipinski definition) is 1. The summed E-state index contributed by atoms with van der Waals surface area (Å²) >= 11 is 0. The van der Waals surface area contributed by atoms with Crippen LogP contribution in [0.5, 0.6) is 11.5 Å². The molecule has 0 saturated heterocycles. The van der Waals surface area contributed by atoms with Gasteiger partial charge in [-0.3, -0.25) is 9.59 Å². The Morgan fingerprint density at radius 3 is 2.24 bits per heavy atom. The molecule has 7 nitrogen and oxygen atoms in total. The largest absolute Gasteiger partial charge is 0.454 e. The number of anilines is 3. The summed E-state index contributed by atoms with van der Waals surface area (Å²) in [4.78, 5) is 30.3. The number of rotatable bonds is 5. The Labute approximate surface area is 191 Å². The third kappa shape index (κ3) is 3.67. The van der Waals surface area contributed by atoms with Crippen LogP contribution >= 0.6 is 0 Å². The number of nitrogens with one attached hydrogen (secondary N) is 1. The maximum absolute atomic E-state index is 13.6. The molecule has 5 rings (SSSR count). The summed E-state index contributed by atoms with van der Waals surface area (Å²) in [6.07, 6.45) is 0. The molecule has 0 aromatic heterocycles. The third-order valence-electron chi connectivity index (χ3n) is 5.69. The summed E-state index contributed by atoms with van der Waals surface area (Å²) < 4.78 is 10.8. The molecule has 0 bridgehead atoms. The summed E-state index contributed by atoms with van der Waals surface area (Å²) in [5.74, 6) is 0.450. The Hall–Kier alpha value is -4.26. The summed E-state index contributed by atoms with van der Waals surface area (Å²) in [6.45, 7) is 2.13. The van der Waals surface area contributed by atoms with E-state index in [1.54, 1.807) is 30.3 Å². The smallest absolute Gasteiger partial charge is 0.282 e.